The average molecular weight is 753 g/mol. The van der Waals surface area contributed by atoms with Crippen molar-refractivity contribution in [2.75, 3.05) is 0 Å². The van der Waals surface area contributed by atoms with E-state index in [2.05, 4.69) is 4.94 Å². The lowest BCUT2D eigenvalue weighted by Gasteiger charge is -2.23. The normalized spacial score (nSPS) is 12.3. The molecule has 4 aromatic rings. The second kappa shape index (κ2) is 14.7. The lowest BCUT2D eigenvalue weighted by molar-refractivity contribution is 0.00132. The summed E-state index contributed by atoms with van der Waals surface area (Å²) in [5.41, 5.74) is 7.59. The standard InChI is InChI=1S/C28H28N6O11S4/c1-21-13-17-25(18-14-21)48(41,42)33(46(37,38)23-9-5-3-6-10-23)29-27(35)31-45-32-28(36)30-34(47(39,40)24-11-7-4-8-12-24)49(43,44)26-19-15-22(2)16-20-26/h3-20H,1-2H3,(H2,29,31,35)(H2,30,32,36). The fourth-order valence-corrected chi connectivity index (χ4v) is 10.5. The summed E-state index contributed by atoms with van der Waals surface area (Å²) in [4.78, 5) is 27.8. The van der Waals surface area contributed by atoms with Gasteiger partial charge in [-0.2, -0.15) is 15.9 Å². The van der Waals surface area contributed by atoms with Gasteiger partial charge < -0.3 is 0 Å². The molecule has 4 N–H and O–H groups in total. The number of carbonyl (C=O) groups excluding carboxylic acids is 2. The summed E-state index contributed by atoms with van der Waals surface area (Å²) in [6, 6.07) is 19.2. The molecule has 0 aliphatic rings. The van der Waals surface area contributed by atoms with Gasteiger partial charge in [0.25, 0.3) is 40.1 Å². The lowest BCUT2D eigenvalue weighted by atomic mass is 10.2. The van der Waals surface area contributed by atoms with Gasteiger partial charge in [0.15, 0.2) is 0 Å². The van der Waals surface area contributed by atoms with E-state index in [1.807, 2.05) is 0 Å². The quantitative estimate of drug-likeness (QED) is 0.153. The van der Waals surface area contributed by atoms with E-state index in [0.29, 0.717) is 11.1 Å². The van der Waals surface area contributed by atoms with Crippen LogP contribution in [0.4, 0.5) is 9.59 Å². The molecule has 0 atom stereocenters. The van der Waals surface area contributed by atoms with Crippen molar-refractivity contribution < 1.29 is 48.2 Å². The number of benzene rings is 4. The Morgan fingerprint density at radius 3 is 1.00 bits per heavy atom. The summed E-state index contributed by atoms with van der Waals surface area (Å²) in [5, 5.41) is 0. The maximum Gasteiger partial charge on any atom is 0.356 e. The van der Waals surface area contributed by atoms with Gasteiger partial charge in [0, 0.05) is 7.64 Å². The predicted octanol–water partition coefficient (Wildman–Crippen LogP) is 2.04. The molecular weight excluding hydrogens is 725 g/mol. The van der Waals surface area contributed by atoms with Crippen LogP contribution < -0.4 is 21.8 Å². The summed E-state index contributed by atoms with van der Waals surface area (Å²) < 4.78 is 106. The van der Waals surface area contributed by atoms with Crippen LogP contribution in [0.15, 0.2) is 129 Å². The van der Waals surface area contributed by atoms with Gasteiger partial charge in [-0.1, -0.05) is 71.8 Å². The van der Waals surface area contributed by atoms with Crippen molar-refractivity contribution in [1.29, 1.82) is 0 Å². The highest BCUT2D eigenvalue weighted by molar-refractivity contribution is 8.04. The van der Waals surface area contributed by atoms with E-state index in [1.165, 1.54) is 71.6 Å². The summed E-state index contributed by atoms with van der Waals surface area (Å²) in [6.45, 7) is 3.32. The van der Waals surface area contributed by atoms with E-state index in [1.54, 1.807) is 24.7 Å². The Bertz CT molecular complexity index is 2090. The van der Waals surface area contributed by atoms with Crippen molar-refractivity contribution in [3.63, 3.8) is 0 Å². The number of aryl methyl sites for hydroxylation is 2. The highest BCUT2D eigenvalue weighted by Crippen LogP contribution is 2.24. The second-order valence-corrected chi connectivity index (χ2v) is 17.5. The molecule has 0 spiro atoms. The molecule has 4 amide bonds. The minimum Gasteiger partial charge on any atom is -0.245 e. The maximum absolute atomic E-state index is 13.4. The molecule has 0 bridgehead atoms. The van der Waals surface area contributed by atoms with Gasteiger partial charge in [-0.05, 0) is 62.4 Å². The van der Waals surface area contributed by atoms with Crippen molar-refractivity contribution in [3.05, 3.63) is 120 Å². The van der Waals surface area contributed by atoms with E-state index in [4.69, 9.17) is 0 Å². The van der Waals surface area contributed by atoms with Crippen LogP contribution in [0.3, 0.4) is 0 Å². The third-order valence-electron chi connectivity index (χ3n) is 6.27. The summed E-state index contributed by atoms with van der Waals surface area (Å²) in [6.07, 6.45) is 0. The van der Waals surface area contributed by atoms with Gasteiger partial charge in [0.1, 0.15) is 0 Å². The van der Waals surface area contributed by atoms with Crippen LogP contribution in [-0.4, -0.2) is 53.4 Å². The molecule has 0 saturated heterocycles. The third kappa shape index (κ3) is 8.40. The first-order valence-electron chi connectivity index (χ1n) is 13.6. The van der Waals surface area contributed by atoms with Crippen molar-refractivity contribution in [1.82, 2.24) is 29.5 Å². The molecule has 0 heterocycles. The fourth-order valence-electron chi connectivity index (χ4n) is 3.82. The number of hydroxylamine groups is 2. The van der Waals surface area contributed by atoms with Crippen LogP contribution >= 0.6 is 0 Å². The Kier molecular flexibility index (Phi) is 11.1. The Labute approximate surface area is 282 Å². The van der Waals surface area contributed by atoms with Gasteiger partial charge in [0.05, 0.1) is 19.6 Å². The van der Waals surface area contributed by atoms with Crippen LogP contribution in [0.5, 0.6) is 0 Å². The zero-order valence-electron chi connectivity index (χ0n) is 25.4. The first-order valence-corrected chi connectivity index (χ1v) is 19.4. The minimum absolute atomic E-state index is 0.318. The van der Waals surface area contributed by atoms with Gasteiger partial charge in [-0.3, -0.25) is 0 Å². The van der Waals surface area contributed by atoms with E-state index in [-0.39, 0.29) is 7.64 Å². The van der Waals surface area contributed by atoms with Gasteiger partial charge in [-0.25, -0.2) is 54.1 Å². The van der Waals surface area contributed by atoms with Crippen molar-refractivity contribution in [2.24, 2.45) is 0 Å². The van der Waals surface area contributed by atoms with Gasteiger partial charge in [-0.15, -0.1) is 0 Å². The summed E-state index contributed by atoms with van der Waals surface area (Å²) in [7, 11) is -19.9. The molecule has 0 aliphatic heterocycles. The molecular formula is C28H28N6O11S4. The summed E-state index contributed by atoms with van der Waals surface area (Å²) in [5.74, 6) is 0. The first-order chi connectivity index (χ1) is 23.0. The molecule has 0 saturated carbocycles. The Hall–Kier alpha value is -4.90. The van der Waals surface area contributed by atoms with Gasteiger partial charge >= 0.3 is 12.1 Å². The zero-order valence-corrected chi connectivity index (χ0v) is 28.7. The molecule has 0 fully saturated rings. The number of nitrogens with one attached hydrogen (secondary N) is 4. The molecule has 0 aromatic heterocycles. The number of hydrogen-bond acceptors (Lipinski definition) is 11. The van der Waals surface area contributed by atoms with Crippen molar-refractivity contribution in [3.8, 4) is 0 Å². The van der Waals surface area contributed by atoms with Crippen LogP contribution in [0, 0.1) is 13.8 Å². The van der Waals surface area contributed by atoms with E-state index in [9.17, 15) is 43.3 Å². The largest absolute Gasteiger partial charge is 0.356 e. The molecule has 4 aromatic carbocycles. The topological polar surface area (TPSA) is 235 Å². The number of nitrogens with zero attached hydrogens (tertiary/aromatic N) is 2. The number of rotatable bonds is 12. The number of hydrazine groups is 2. The third-order valence-corrected chi connectivity index (χ3v) is 14.2. The molecule has 4 rings (SSSR count). The van der Waals surface area contributed by atoms with Crippen LogP contribution in [-0.2, 0) is 45.0 Å². The van der Waals surface area contributed by atoms with E-state index >= 15 is 0 Å². The molecule has 0 unspecified atom stereocenters. The monoisotopic (exact) mass is 752 g/mol. The van der Waals surface area contributed by atoms with Crippen molar-refractivity contribution in [2.45, 2.75) is 33.4 Å². The number of sulfonamides is 4. The lowest BCUT2D eigenvalue weighted by Crippen LogP contribution is -2.55. The zero-order chi connectivity index (χ0) is 36.0. The smallest absolute Gasteiger partial charge is 0.245 e. The molecule has 0 radical (unpaired) electrons. The fraction of sp³-hybridized carbons (Fsp3) is 0.0714. The molecule has 260 valence electrons. The number of urea groups is 2. The predicted molar refractivity (Wildman–Crippen MR) is 172 cm³/mol. The highest BCUT2D eigenvalue weighted by Gasteiger charge is 2.40. The Morgan fingerprint density at radius 2 is 0.714 bits per heavy atom. The van der Waals surface area contributed by atoms with E-state index in [0.717, 1.165) is 48.5 Å². The molecule has 49 heavy (non-hydrogen) atoms. The Morgan fingerprint density at radius 1 is 0.449 bits per heavy atom. The highest BCUT2D eigenvalue weighted by atomic mass is 32.3. The summed E-state index contributed by atoms with van der Waals surface area (Å²) >= 11 is 0. The van der Waals surface area contributed by atoms with Crippen LogP contribution in [0.2, 0.25) is 0 Å². The van der Waals surface area contributed by atoms with Gasteiger partial charge in [0.2, 0.25) is 0 Å². The second-order valence-electron chi connectivity index (χ2n) is 9.85. The maximum atomic E-state index is 13.4. The van der Waals surface area contributed by atoms with Crippen LogP contribution in [0.25, 0.3) is 0 Å². The number of carbonyl (C=O) groups is 2. The number of hydrogen-bond donors (Lipinski definition) is 4. The van der Waals surface area contributed by atoms with E-state index < -0.39 is 71.7 Å². The molecule has 21 heteroatoms. The average Bonchev–Trinajstić information content (AvgIpc) is 3.07. The number of amides is 4. The molecule has 17 nitrogen and oxygen atoms in total. The molecule has 0 aliphatic carbocycles. The Balaban J connectivity index is 1.54. The first kappa shape index (κ1) is 36.9. The minimum atomic E-state index is -4.99. The van der Waals surface area contributed by atoms with Crippen LogP contribution in [0.1, 0.15) is 11.1 Å². The van der Waals surface area contributed by atoms with Crippen molar-refractivity contribution >= 4 is 52.2 Å². The SMILES string of the molecule is Cc1ccc(S(=O)(=O)N(NC(=O)NONC(=O)NN(S(=O)(=O)c2ccccc2)S(=O)(=O)c2ccc(C)cc2)S(=O)(=O)c2ccccc2)cc1.